The van der Waals surface area contributed by atoms with Crippen LogP contribution >= 0.6 is 0 Å². The van der Waals surface area contributed by atoms with E-state index in [0.717, 1.165) is 38.5 Å². The van der Waals surface area contributed by atoms with Crippen LogP contribution in [0.2, 0.25) is 0 Å². The number of hydrogen-bond donors (Lipinski definition) is 0. The van der Waals surface area contributed by atoms with Crippen molar-refractivity contribution in [2.24, 2.45) is 0 Å². The van der Waals surface area contributed by atoms with E-state index in [9.17, 15) is 8.42 Å². The van der Waals surface area contributed by atoms with Gasteiger partial charge >= 0.3 is 0 Å². The highest BCUT2D eigenvalue weighted by molar-refractivity contribution is 7.89. The monoisotopic (exact) mass is 249 g/mol. The standard InChI is InChI=1S/C12H27NO2S/c1-4-7-9-11-13(12-10-8-5-2)16(14,15)6-3/h4-12H2,1-3H3. The van der Waals surface area contributed by atoms with Crippen molar-refractivity contribution in [1.29, 1.82) is 0 Å². The van der Waals surface area contributed by atoms with Gasteiger partial charge in [0.05, 0.1) is 5.75 Å². The maximum absolute atomic E-state index is 11.8. The molecule has 3 nitrogen and oxygen atoms in total. The van der Waals surface area contributed by atoms with Crippen LogP contribution in [-0.4, -0.2) is 31.6 Å². The molecule has 0 aliphatic carbocycles. The number of rotatable bonds is 10. The second-order valence-electron chi connectivity index (χ2n) is 4.21. The van der Waals surface area contributed by atoms with E-state index in [0.29, 0.717) is 13.1 Å². The Morgan fingerprint density at radius 1 is 0.812 bits per heavy atom. The zero-order valence-corrected chi connectivity index (χ0v) is 11.9. The zero-order valence-electron chi connectivity index (χ0n) is 11.0. The molecule has 0 saturated heterocycles. The Kier molecular flexibility index (Phi) is 8.94. The predicted molar refractivity (Wildman–Crippen MR) is 70.1 cm³/mol. The highest BCUT2D eigenvalue weighted by Gasteiger charge is 2.18. The smallest absolute Gasteiger partial charge is 0.212 e. The van der Waals surface area contributed by atoms with Crippen LogP contribution in [0.5, 0.6) is 0 Å². The molecular weight excluding hydrogens is 222 g/mol. The number of sulfonamides is 1. The summed E-state index contributed by atoms with van der Waals surface area (Å²) in [7, 11) is -2.99. The van der Waals surface area contributed by atoms with Crippen LogP contribution in [-0.2, 0) is 10.0 Å². The molecule has 0 rings (SSSR count). The minimum atomic E-state index is -2.99. The van der Waals surface area contributed by atoms with Crippen LogP contribution in [0.1, 0.15) is 59.3 Å². The Labute approximate surface area is 101 Å². The van der Waals surface area contributed by atoms with Gasteiger partial charge in [0.25, 0.3) is 0 Å². The third-order valence-electron chi connectivity index (χ3n) is 2.78. The fourth-order valence-electron chi connectivity index (χ4n) is 1.65. The van der Waals surface area contributed by atoms with Crippen LogP contribution in [0.25, 0.3) is 0 Å². The van der Waals surface area contributed by atoms with Crippen LogP contribution in [0, 0.1) is 0 Å². The molecule has 0 aliphatic heterocycles. The summed E-state index contributed by atoms with van der Waals surface area (Å²) in [5.41, 5.74) is 0. The van der Waals surface area contributed by atoms with E-state index in [2.05, 4.69) is 13.8 Å². The summed E-state index contributed by atoms with van der Waals surface area (Å²) in [4.78, 5) is 0. The molecule has 98 valence electrons. The third kappa shape index (κ3) is 6.48. The molecule has 0 amide bonds. The van der Waals surface area contributed by atoms with E-state index in [-0.39, 0.29) is 5.75 Å². The van der Waals surface area contributed by atoms with Crippen molar-refractivity contribution in [3.8, 4) is 0 Å². The molecule has 0 aromatic rings. The quantitative estimate of drug-likeness (QED) is 0.558. The maximum atomic E-state index is 11.8. The van der Waals surface area contributed by atoms with Gasteiger partial charge in [0.1, 0.15) is 0 Å². The fourth-order valence-corrected chi connectivity index (χ4v) is 2.83. The van der Waals surface area contributed by atoms with Gasteiger partial charge in [0.15, 0.2) is 0 Å². The van der Waals surface area contributed by atoms with Gasteiger partial charge in [-0.1, -0.05) is 39.5 Å². The lowest BCUT2D eigenvalue weighted by molar-refractivity contribution is 0.389. The van der Waals surface area contributed by atoms with Gasteiger partial charge < -0.3 is 0 Å². The topological polar surface area (TPSA) is 37.4 Å². The van der Waals surface area contributed by atoms with Gasteiger partial charge in [0.2, 0.25) is 10.0 Å². The minimum absolute atomic E-state index is 0.227. The summed E-state index contributed by atoms with van der Waals surface area (Å²) in [5, 5.41) is 0. The first-order valence-corrected chi connectivity index (χ1v) is 8.17. The van der Waals surface area contributed by atoms with Gasteiger partial charge in [0, 0.05) is 13.1 Å². The molecule has 0 unspecified atom stereocenters. The second kappa shape index (κ2) is 8.99. The molecule has 0 saturated carbocycles. The van der Waals surface area contributed by atoms with Crippen molar-refractivity contribution < 1.29 is 8.42 Å². The highest BCUT2D eigenvalue weighted by Crippen LogP contribution is 2.08. The predicted octanol–water partition coefficient (Wildman–Crippen LogP) is 3.02. The van der Waals surface area contributed by atoms with Crippen molar-refractivity contribution >= 4 is 10.0 Å². The average molecular weight is 249 g/mol. The first kappa shape index (κ1) is 15.9. The molecule has 0 fully saturated rings. The lowest BCUT2D eigenvalue weighted by Crippen LogP contribution is -2.34. The van der Waals surface area contributed by atoms with Gasteiger partial charge in [-0.05, 0) is 19.8 Å². The average Bonchev–Trinajstić information content (AvgIpc) is 2.27. The van der Waals surface area contributed by atoms with Crippen LogP contribution in [0.15, 0.2) is 0 Å². The lowest BCUT2D eigenvalue weighted by atomic mass is 10.2. The molecule has 0 atom stereocenters. The first-order chi connectivity index (χ1) is 7.58. The number of nitrogens with zero attached hydrogens (tertiary/aromatic N) is 1. The minimum Gasteiger partial charge on any atom is -0.212 e. The van der Waals surface area contributed by atoms with Crippen LogP contribution in [0.4, 0.5) is 0 Å². The molecule has 0 aromatic heterocycles. The van der Waals surface area contributed by atoms with Gasteiger partial charge in [-0.15, -0.1) is 0 Å². The molecule has 4 heteroatoms. The highest BCUT2D eigenvalue weighted by atomic mass is 32.2. The maximum Gasteiger partial charge on any atom is 0.213 e. The summed E-state index contributed by atoms with van der Waals surface area (Å²) in [5.74, 6) is 0.227. The molecule has 16 heavy (non-hydrogen) atoms. The zero-order chi connectivity index (χ0) is 12.4. The number of hydrogen-bond acceptors (Lipinski definition) is 2. The van der Waals surface area contributed by atoms with Crippen molar-refractivity contribution in [1.82, 2.24) is 4.31 Å². The van der Waals surface area contributed by atoms with Gasteiger partial charge in [-0.2, -0.15) is 0 Å². The Bertz CT molecular complexity index is 240. The Hall–Kier alpha value is -0.0900. The van der Waals surface area contributed by atoms with E-state index >= 15 is 0 Å². The number of unbranched alkanes of at least 4 members (excludes halogenated alkanes) is 4. The van der Waals surface area contributed by atoms with Crippen LogP contribution in [0.3, 0.4) is 0 Å². The fraction of sp³-hybridized carbons (Fsp3) is 1.00. The van der Waals surface area contributed by atoms with E-state index in [1.807, 2.05) is 0 Å². The first-order valence-electron chi connectivity index (χ1n) is 6.56. The van der Waals surface area contributed by atoms with Crippen molar-refractivity contribution in [3.05, 3.63) is 0 Å². The molecule has 0 bridgehead atoms. The summed E-state index contributed by atoms with van der Waals surface area (Å²) in [6, 6.07) is 0. The molecule has 0 radical (unpaired) electrons. The van der Waals surface area contributed by atoms with E-state index in [1.165, 1.54) is 0 Å². The third-order valence-corrected chi connectivity index (χ3v) is 4.66. The Morgan fingerprint density at radius 3 is 1.56 bits per heavy atom. The second-order valence-corrected chi connectivity index (χ2v) is 6.47. The van der Waals surface area contributed by atoms with Gasteiger partial charge in [-0.25, -0.2) is 12.7 Å². The Balaban J connectivity index is 4.16. The van der Waals surface area contributed by atoms with E-state index in [4.69, 9.17) is 0 Å². The summed E-state index contributed by atoms with van der Waals surface area (Å²) >= 11 is 0. The van der Waals surface area contributed by atoms with E-state index < -0.39 is 10.0 Å². The largest absolute Gasteiger partial charge is 0.213 e. The SMILES string of the molecule is CCCCCN(CCCCC)S(=O)(=O)CC. The lowest BCUT2D eigenvalue weighted by Gasteiger charge is -2.21. The normalized spacial score (nSPS) is 12.2. The summed E-state index contributed by atoms with van der Waals surface area (Å²) in [6.07, 6.45) is 6.47. The van der Waals surface area contributed by atoms with Crippen LogP contribution < -0.4 is 0 Å². The summed E-state index contributed by atoms with van der Waals surface area (Å²) in [6.45, 7) is 7.40. The molecule has 0 aliphatic rings. The molecule has 0 aromatic carbocycles. The van der Waals surface area contributed by atoms with Gasteiger partial charge in [-0.3, -0.25) is 0 Å². The molecule has 0 N–H and O–H groups in total. The van der Waals surface area contributed by atoms with Crippen molar-refractivity contribution in [2.75, 3.05) is 18.8 Å². The van der Waals surface area contributed by atoms with Crippen molar-refractivity contribution in [2.45, 2.75) is 59.3 Å². The molecular formula is C12H27NO2S. The molecule has 0 heterocycles. The van der Waals surface area contributed by atoms with E-state index in [1.54, 1.807) is 11.2 Å². The molecule has 0 spiro atoms. The van der Waals surface area contributed by atoms with Crippen molar-refractivity contribution in [3.63, 3.8) is 0 Å². The summed E-state index contributed by atoms with van der Waals surface area (Å²) < 4.78 is 25.3. The Morgan fingerprint density at radius 2 is 1.25 bits per heavy atom.